The minimum Gasteiger partial charge on any atom is -0.457 e. The lowest BCUT2D eigenvalue weighted by Crippen LogP contribution is -2.15. The molecule has 2 heterocycles. The largest absolute Gasteiger partial charge is 0.457 e. The molecule has 3 rings (SSSR count). The molecule has 2 aromatic heterocycles. The van der Waals surface area contributed by atoms with Crippen LogP contribution in [0.1, 0.15) is 11.6 Å². The number of hydrogen-bond donors (Lipinski definition) is 1. The summed E-state index contributed by atoms with van der Waals surface area (Å²) in [5.74, 6) is 1.21. The van der Waals surface area contributed by atoms with Gasteiger partial charge in [-0.2, -0.15) is 20.2 Å². The maximum absolute atomic E-state index is 9.42. The molecule has 7 nitrogen and oxygen atoms in total. The van der Waals surface area contributed by atoms with Crippen LogP contribution in [0.15, 0.2) is 34.7 Å². The van der Waals surface area contributed by atoms with E-state index in [1.165, 1.54) is 0 Å². The number of aromatic nitrogens is 3. The molecule has 3 aromatic rings. The van der Waals surface area contributed by atoms with E-state index in [0.29, 0.717) is 11.7 Å². The molecule has 0 unspecified atom stereocenters. The Morgan fingerprint density at radius 1 is 1.26 bits per heavy atom. The van der Waals surface area contributed by atoms with E-state index in [4.69, 9.17) is 10.2 Å². The summed E-state index contributed by atoms with van der Waals surface area (Å²) < 4.78 is 5.69. The quantitative estimate of drug-likeness (QED) is 0.740. The van der Waals surface area contributed by atoms with E-state index in [0.717, 1.165) is 11.0 Å². The van der Waals surface area contributed by atoms with Crippen LogP contribution in [0.25, 0.3) is 22.6 Å². The number of allylic oxidation sites excluding steroid dienone is 1. The summed E-state index contributed by atoms with van der Waals surface area (Å²) >= 11 is 0. The number of anilines is 2. The smallest absolute Gasteiger partial charge is 0.230 e. The zero-order chi connectivity index (χ0) is 16.4. The zero-order valence-electron chi connectivity index (χ0n) is 12.7. The van der Waals surface area contributed by atoms with Crippen molar-refractivity contribution in [2.45, 2.75) is 0 Å². The van der Waals surface area contributed by atoms with Crippen LogP contribution < -0.4 is 10.6 Å². The van der Waals surface area contributed by atoms with E-state index in [1.54, 1.807) is 25.1 Å². The van der Waals surface area contributed by atoms with Crippen molar-refractivity contribution in [3.63, 3.8) is 0 Å². The van der Waals surface area contributed by atoms with Crippen molar-refractivity contribution < 1.29 is 4.42 Å². The van der Waals surface area contributed by atoms with E-state index in [9.17, 15) is 5.26 Å². The van der Waals surface area contributed by atoms with Crippen LogP contribution in [0.4, 0.5) is 11.9 Å². The maximum Gasteiger partial charge on any atom is 0.230 e. The summed E-state index contributed by atoms with van der Waals surface area (Å²) in [5.41, 5.74) is 6.70. The van der Waals surface area contributed by atoms with E-state index in [1.807, 2.05) is 30.3 Å². The third-order valence-corrected chi connectivity index (χ3v) is 3.13. The van der Waals surface area contributed by atoms with Gasteiger partial charge in [0, 0.05) is 25.6 Å². The Kier molecular flexibility index (Phi) is 3.65. The summed E-state index contributed by atoms with van der Waals surface area (Å²) in [7, 11) is 3.57. The van der Waals surface area contributed by atoms with Gasteiger partial charge in [-0.3, -0.25) is 0 Å². The Labute approximate surface area is 132 Å². The Morgan fingerprint density at radius 2 is 2.04 bits per heavy atom. The van der Waals surface area contributed by atoms with Crippen molar-refractivity contribution in [1.82, 2.24) is 15.0 Å². The molecular weight excluding hydrogens is 292 g/mol. The fraction of sp³-hybridized carbons (Fsp3) is 0.125. The van der Waals surface area contributed by atoms with Crippen molar-refractivity contribution in [2.24, 2.45) is 0 Å². The average Bonchev–Trinajstić information content (AvgIpc) is 2.94. The fourth-order valence-corrected chi connectivity index (χ4v) is 2.06. The SMILES string of the molecule is CN(C)c1nc(N)nc(/C(C#N)=C\c2cc3ccccc3o2)n1. The fourth-order valence-electron chi connectivity index (χ4n) is 2.06. The molecule has 2 N–H and O–H groups in total. The number of furan rings is 1. The van der Waals surface area contributed by atoms with Crippen molar-refractivity contribution >= 4 is 34.5 Å². The van der Waals surface area contributed by atoms with Gasteiger partial charge in [0.15, 0.2) is 5.82 Å². The Morgan fingerprint density at radius 3 is 2.74 bits per heavy atom. The molecule has 0 aliphatic rings. The lowest BCUT2D eigenvalue weighted by molar-refractivity contribution is 0.604. The predicted molar refractivity (Wildman–Crippen MR) is 88.3 cm³/mol. The highest BCUT2D eigenvalue weighted by atomic mass is 16.3. The first kappa shape index (κ1) is 14.5. The van der Waals surface area contributed by atoms with Gasteiger partial charge in [-0.25, -0.2) is 0 Å². The van der Waals surface area contributed by atoms with E-state index in [2.05, 4.69) is 21.0 Å². The van der Waals surface area contributed by atoms with Gasteiger partial charge in [0.25, 0.3) is 0 Å². The topological polar surface area (TPSA) is 105 Å². The highest BCUT2D eigenvalue weighted by molar-refractivity contribution is 5.89. The monoisotopic (exact) mass is 306 g/mol. The molecule has 0 saturated carbocycles. The first-order valence-electron chi connectivity index (χ1n) is 6.86. The van der Waals surface area contributed by atoms with Crippen molar-refractivity contribution in [3.05, 3.63) is 41.9 Å². The molecule has 0 radical (unpaired) electrons. The molecule has 0 spiro atoms. The molecule has 0 aliphatic carbocycles. The van der Waals surface area contributed by atoms with Crippen LogP contribution in [0.3, 0.4) is 0 Å². The second-order valence-corrected chi connectivity index (χ2v) is 5.07. The van der Waals surface area contributed by atoms with Crippen LogP contribution in [0.2, 0.25) is 0 Å². The highest BCUT2D eigenvalue weighted by Crippen LogP contribution is 2.23. The highest BCUT2D eigenvalue weighted by Gasteiger charge is 2.12. The third kappa shape index (κ3) is 2.96. The number of nitrogens with zero attached hydrogens (tertiary/aromatic N) is 5. The number of benzene rings is 1. The molecule has 114 valence electrons. The molecule has 0 saturated heterocycles. The molecule has 0 bridgehead atoms. The summed E-state index contributed by atoms with van der Waals surface area (Å²) in [4.78, 5) is 14.0. The van der Waals surface area contributed by atoms with E-state index in [-0.39, 0.29) is 17.3 Å². The van der Waals surface area contributed by atoms with Gasteiger partial charge in [-0.15, -0.1) is 0 Å². The lowest BCUT2D eigenvalue weighted by atomic mass is 10.2. The molecule has 0 fully saturated rings. The molecule has 0 aliphatic heterocycles. The summed E-state index contributed by atoms with van der Waals surface area (Å²) in [5, 5.41) is 10.4. The summed E-state index contributed by atoms with van der Waals surface area (Å²) in [6, 6.07) is 11.5. The van der Waals surface area contributed by atoms with E-state index < -0.39 is 0 Å². The maximum atomic E-state index is 9.42. The third-order valence-electron chi connectivity index (χ3n) is 3.13. The van der Waals surface area contributed by atoms with Gasteiger partial charge < -0.3 is 15.1 Å². The Bertz CT molecular complexity index is 902. The van der Waals surface area contributed by atoms with Gasteiger partial charge in [0.2, 0.25) is 11.9 Å². The first-order chi connectivity index (χ1) is 11.1. The number of nitrogens with two attached hydrogens (primary N) is 1. The van der Waals surface area contributed by atoms with Crippen LogP contribution in [0, 0.1) is 11.3 Å². The number of nitriles is 1. The number of hydrogen-bond acceptors (Lipinski definition) is 7. The van der Waals surface area contributed by atoms with Crippen molar-refractivity contribution in [2.75, 3.05) is 24.7 Å². The average molecular weight is 306 g/mol. The van der Waals surface area contributed by atoms with Crippen molar-refractivity contribution in [1.29, 1.82) is 5.26 Å². The normalized spacial score (nSPS) is 11.4. The molecule has 1 aromatic carbocycles. The van der Waals surface area contributed by atoms with Crippen LogP contribution >= 0.6 is 0 Å². The molecule has 7 heteroatoms. The standard InChI is InChI=1S/C16H14N6O/c1-22(2)16-20-14(19-15(18)21-16)11(9-17)8-12-7-10-5-3-4-6-13(10)23-12/h3-8H,1-2H3,(H2,18,19,20,21)/b11-8-. The minimum atomic E-state index is 0.0597. The molecular formula is C16H14N6O. The van der Waals surface area contributed by atoms with Gasteiger partial charge in [-0.05, 0) is 12.1 Å². The minimum absolute atomic E-state index is 0.0597. The summed E-state index contributed by atoms with van der Waals surface area (Å²) in [6.07, 6.45) is 1.59. The van der Waals surface area contributed by atoms with Gasteiger partial charge in [0.05, 0.1) is 0 Å². The van der Waals surface area contributed by atoms with Gasteiger partial charge in [0.1, 0.15) is 23.0 Å². The van der Waals surface area contributed by atoms with Crippen LogP contribution in [-0.4, -0.2) is 29.0 Å². The predicted octanol–water partition coefficient (Wildman–Crippen LogP) is 2.33. The van der Waals surface area contributed by atoms with Crippen LogP contribution in [0.5, 0.6) is 0 Å². The second-order valence-electron chi connectivity index (χ2n) is 5.07. The Hall–Kier alpha value is -3.40. The second kappa shape index (κ2) is 5.77. The molecule has 23 heavy (non-hydrogen) atoms. The number of para-hydroxylation sites is 1. The lowest BCUT2D eigenvalue weighted by Gasteiger charge is -2.10. The van der Waals surface area contributed by atoms with Crippen LogP contribution in [-0.2, 0) is 0 Å². The molecule has 0 atom stereocenters. The van der Waals surface area contributed by atoms with Gasteiger partial charge >= 0.3 is 0 Å². The zero-order valence-corrected chi connectivity index (χ0v) is 12.7. The van der Waals surface area contributed by atoms with E-state index >= 15 is 0 Å². The number of nitrogen functional groups attached to an aromatic ring is 1. The Balaban J connectivity index is 2.07. The number of rotatable bonds is 3. The molecule has 0 amide bonds. The summed E-state index contributed by atoms with van der Waals surface area (Å²) in [6.45, 7) is 0. The van der Waals surface area contributed by atoms with Crippen molar-refractivity contribution in [3.8, 4) is 6.07 Å². The number of fused-ring (bicyclic) bond motifs is 1. The van der Waals surface area contributed by atoms with Gasteiger partial charge in [-0.1, -0.05) is 18.2 Å². The first-order valence-corrected chi connectivity index (χ1v) is 6.86.